The van der Waals surface area contributed by atoms with Crippen LogP contribution in [0.15, 0.2) is 48.5 Å². The van der Waals surface area contributed by atoms with E-state index in [2.05, 4.69) is 23.7 Å². The van der Waals surface area contributed by atoms with E-state index < -0.39 is 31.8 Å². The lowest BCUT2D eigenvalue weighted by atomic mass is 10.1. The quantitative estimate of drug-likeness (QED) is 0.751. The molecule has 1 amide bonds. The minimum absolute atomic E-state index is 0.0547. The van der Waals surface area contributed by atoms with Gasteiger partial charge in [0.1, 0.15) is 6.54 Å². The van der Waals surface area contributed by atoms with Crippen molar-refractivity contribution in [3.63, 3.8) is 0 Å². The van der Waals surface area contributed by atoms with Gasteiger partial charge in [-0.1, -0.05) is 36.1 Å². The third-order valence-corrected chi connectivity index (χ3v) is 3.80. The first-order valence-electron chi connectivity index (χ1n) is 11.1. The normalized spacial score (nSPS) is 13.1. The van der Waals surface area contributed by atoms with Crippen LogP contribution in [-0.2, 0) is 22.5 Å². The van der Waals surface area contributed by atoms with Crippen molar-refractivity contribution in [2.45, 2.75) is 33.1 Å². The number of hydrogen-bond donors (Lipinski definition) is 1. The minimum atomic E-state index is -2.41. The molecule has 0 heterocycles. The van der Waals surface area contributed by atoms with Crippen LogP contribution in [0.4, 0.5) is 0 Å². The zero-order valence-electron chi connectivity index (χ0n) is 20.5. The van der Waals surface area contributed by atoms with Gasteiger partial charge in [0, 0.05) is 28.2 Å². The summed E-state index contributed by atoms with van der Waals surface area (Å²) in [4.78, 5) is 24.9. The van der Waals surface area contributed by atoms with Gasteiger partial charge in [-0.3, -0.25) is 9.59 Å². The highest BCUT2D eigenvalue weighted by atomic mass is 16.4. The van der Waals surface area contributed by atoms with Gasteiger partial charge in [0.15, 0.2) is 0 Å². The van der Waals surface area contributed by atoms with Crippen molar-refractivity contribution in [1.29, 1.82) is 0 Å². The van der Waals surface area contributed by atoms with Crippen LogP contribution in [0, 0.1) is 23.7 Å². The van der Waals surface area contributed by atoms with Gasteiger partial charge in [0.05, 0.1) is 2.74 Å². The molecule has 2 aromatic rings. The third kappa shape index (κ3) is 6.67. The fourth-order valence-electron chi connectivity index (χ4n) is 2.47. The summed E-state index contributed by atoms with van der Waals surface area (Å²) >= 11 is 0. The first kappa shape index (κ1) is 14.5. The molecule has 0 bridgehead atoms. The summed E-state index contributed by atoms with van der Waals surface area (Å²) in [6.45, 7) is -3.89. The summed E-state index contributed by atoms with van der Waals surface area (Å²) in [5.41, 5.74) is 2.10. The number of aliphatic carboxylic acids is 1. The highest BCUT2D eigenvalue weighted by molar-refractivity contribution is 5.81. The van der Waals surface area contributed by atoms with E-state index in [0.717, 1.165) is 11.1 Å². The molecule has 0 fully saturated rings. The molecule has 0 unspecified atom stereocenters. The standard InChI is InChI=1S/C24H23NO3/c1-3-5-19-7-9-21(10-8-19)15-16-23(26)25(18-24(27)28)17-22-13-11-20(6-4-2)12-14-22/h7-14H,15-18H2,1-2H3,(H,27,28)/i2D3,17D2. The number of hydrogen-bond acceptors (Lipinski definition) is 2. The average molecular weight is 378 g/mol. The number of amides is 1. The number of carboxylic acids is 1. The molecule has 0 aliphatic rings. The maximum Gasteiger partial charge on any atom is 0.323 e. The van der Waals surface area contributed by atoms with Crippen molar-refractivity contribution < 1.29 is 21.5 Å². The lowest BCUT2D eigenvalue weighted by Crippen LogP contribution is -2.35. The van der Waals surface area contributed by atoms with Crippen molar-refractivity contribution in [1.82, 2.24) is 4.90 Å². The van der Waals surface area contributed by atoms with Crippen LogP contribution in [0.5, 0.6) is 0 Å². The fraction of sp³-hybridized carbons (Fsp3) is 0.250. The van der Waals surface area contributed by atoms with Gasteiger partial charge in [-0.15, -0.1) is 11.8 Å². The summed E-state index contributed by atoms with van der Waals surface area (Å²) < 4.78 is 38.2. The van der Waals surface area contributed by atoms with Gasteiger partial charge in [-0.2, -0.15) is 0 Å². The Kier molecular flexibility index (Phi) is 5.51. The van der Waals surface area contributed by atoms with E-state index in [1.807, 2.05) is 24.3 Å². The zero-order chi connectivity index (χ0) is 24.6. The first-order valence-corrected chi connectivity index (χ1v) is 8.60. The highest BCUT2D eigenvalue weighted by Crippen LogP contribution is 2.11. The summed E-state index contributed by atoms with van der Waals surface area (Å²) in [5, 5.41) is 9.25. The van der Waals surface area contributed by atoms with Crippen LogP contribution in [0.25, 0.3) is 0 Å². The zero-order valence-corrected chi connectivity index (χ0v) is 15.5. The second-order valence-electron chi connectivity index (χ2n) is 5.88. The van der Waals surface area contributed by atoms with Gasteiger partial charge >= 0.3 is 5.97 Å². The summed E-state index contributed by atoms with van der Waals surface area (Å²) in [6.07, 6.45) is 0.238. The second kappa shape index (κ2) is 10.6. The van der Waals surface area contributed by atoms with E-state index in [0.29, 0.717) is 16.9 Å². The van der Waals surface area contributed by atoms with E-state index in [4.69, 9.17) is 6.85 Å². The number of carbonyl (C=O) groups excluding carboxylic acids is 1. The van der Waals surface area contributed by atoms with Crippen LogP contribution in [0.2, 0.25) is 0 Å². The van der Waals surface area contributed by atoms with Crippen LogP contribution < -0.4 is 0 Å². The molecule has 1 N–H and O–H groups in total. The Morgan fingerprint density at radius 2 is 1.57 bits per heavy atom. The third-order valence-electron chi connectivity index (χ3n) is 3.80. The number of nitrogens with zero attached hydrogens (tertiary/aromatic N) is 1. The van der Waals surface area contributed by atoms with E-state index >= 15 is 0 Å². The van der Waals surface area contributed by atoms with Crippen LogP contribution in [0.1, 0.15) is 49.3 Å². The molecule has 0 aromatic heterocycles. The smallest absolute Gasteiger partial charge is 0.323 e. The molecule has 0 saturated carbocycles. The van der Waals surface area contributed by atoms with Crippen LogP contribution in [-0.4, -0.2) is 28.4 Å². The molecule has 2 rings (SSSR count). The Hall–Kier alpha value is -3.50. The van der Waals surface area contributed by atoms with Gasteiger partial charge in [0.2, 0.25) is 5.91 Å². The minimum Gasteiger partial charge on any atom is -0.480 e. The van der Waals surface area contributed by atoms with Crippen molar-refractivity contribution in [2.24, 2.45) is 0 Å². The number of rotatable bonds is 7. The largest absolute Gasteiger partial charge is 0.480 e. The summed E-state index contributed by atoms with van der Waals surface area (Å²) in [7, 11) is 0. The number of carboxylic acid groups (broad SMARTS) is 1. The molecular formula is C24H23NO3. The van der Waals surface area contributed by atoms with Gasteiger partial charge in [-0.25, -0.2) is 0 Å². The van der Waals surface area contributed by atoms with Gasteiger partial charge in [-0.05, 0) is 55.6 Å². The predicted molar refractivity (Wildman–Crippen MR) is 109 cm³/mol. The monoisotopic (exact) mass is 378 g/mol. The fourth-order valence-corrected chi connectivity index (χ4v) is 2.47. The van der Waals surface area contributed by atoms with Crippen molar-refractivity contribution in [3.05, 3.63) is 70.8 Å². The molecule has 4 heteroatoms. The SMILES string of the molecule is [2H]C([2H])([2H])C#Cc1ccc(C([2H])([2H])N(CC(=O)O)C(=O)CCc2ccc(C#CC)cc2)cc1. The Balaban J connectivity index is 2.20. The molecule has 0 aliphatic heterocycles. The van der Waals surface area contributed by atoms with Crippen molar-refractivity contribution in [2.75, 3.05) is 6.54 Å². The molecule has 0 atom stereocenters. The number of benzene rings is 2. The summed E-state index contributed by atoms with van der Waals surface area (Å²) in [5.74, 6) is 8.32. The van der Waals surface area contributed by atoms with Crippen molar-refractivity contribution >= 4 is 11.9 Å². The van der Waals surface area contributed by atoms with Gasteiger partial charge in [0.25, 0.3) is 0 Å². The molecular weight excluding hydrogens is 350 g/mol. The molecule has 2 aromatic carbocycles. The van der Waals surface area contributed by atoms with E-state index in [9.17, 15) is 14.7 Å². The van der Waals surface area contributed by atoms with Gasteiger partial charge < -0.3 is 10.0 Å². The maximum absolute atomic E-state index is 12.8. The lowest BCUT2D eigenvalue weighted by molar-refractivity contribution is -0.144. The van der Waals surface area contributed by atoms with E-state index in [1.165, 1.54) is 24.3 Å². The Bertz CT molecular complexity index is 1120. The molecule has 0 saturated heterocycles. The predicted octanol–water partition coefficient (Wildman–Crippen LogP) is 3.48. The lowest BCUT2D eigenvalue weighted by Gasteiger charge is -2.21. The average Bonchev–Trinajstić information content (AvgIpc) is 2.75. The van der Waals surface area contributed by atoms with Crippen LogP contribution in [0.3, 0.4) is 0 Å². The van der Waals surface area contributed by atoms with Crippen LogP contribution >= 0.6 is 0 Å². The van der Waals surface area contributed by atoms with Crippen molar-refractivity contribution in [3.8, 4) is 23.7 Å². The topological polar surface area (TPSA) is 57.6 Å². The molecule has 142 valence electrons. The highest BCUT2D eigenvalue weighted by Gasteiger charge is 2.17. The second-order valence-corrected chi connectivity index (χ2v) is 5.88. The number of carbonyl (C=O) groups is 2. The van der Waals surface area contributed by atoms with E-state index in [1.54, 1.807) is 6.92 Å². The molecule has 0 spiro atoms. The first-order chi connectivity index (χ1) is 15.4. The Morgan fingerprint density at radius 3 is 2.11 bits per heavy atom. The Morgan fingerprint density at radius 1 is 1.00 bits per heavy atom. The maximum atomic E-state index is 12.8. The Labute approximate surface area is 173 Å². The molecule has 28 heavy (non-hydrogen) atoms. The molecule has 4 nitrogen and oxygen atoms in total. The van der Waals surface area contributed by atoms with E-state index in [-0.39, 0.29) is 12.0 Å². The molecule has 0 aliphatic carbocycles. The summed E-state index contributed by atoms with van der Waals surface area (Å²) in [6, 6.07) is 12.9. The number of aryl methyl sites for hydroxylation is 1. The molecule has 0 radical (unpaired) electrons.